The van der Waals surface area contributed by atoms with Crippen molar-refractivity contribution in [2.24, 2.45) is 0 Å². The molecule has 0 aliphatic carbocycles. The Bertz CT molecular complexity index is 540. The van der Waals surface area contributed by atoms with E-state index in [1.807, 2.05) is 12.1 Å². The minimum absolute atomic E-state index is 0.0390. The number of nitrogens with zero attached hydrogens (tertiary/aromatic N) is 1. The van der Waals surface area contributed by atoms with Crippen LogP contribution in [0, 0.1) is 0 Å². The van der Waals surface area contributed by atoms with Crippen LogP contribution in [0.1, 0.15) is 26.2 Å². The second-order valence-corrected chi connectivity index (χ2v) is 7.14. The van der Waals surface area contributed by atoms with Crippen LogP contribution in [0.3, 0.4) is 0 Å². The molecule has 0 aromatic heterocycles. The molecule has 19 heavy (non-hydrogen) atoms. The molecule has 1 heterocycles. The summed E-state index contributed by atoms with van der Waals surface area (Å²) in [6.45, 7) is 3.63. The lowest BCUT2D eigenvalue weighted by Crippen LogP contribution is -2.29. The summed E-state index contributed by atoms with van der Waals surface area (Å²) < 4.78 is 25.8. The van der Waals surface area contributed by atoms with Crippen molar-refractivity contribution in [2.45, 2.75) is 26.2 Å². The number of halogens is 1. The number of rotatable bonds is 4. The van der Waals surface area contributed by atoms with Gasteiger partial charge < -0.3 is 4.90 Å². The fourth-order valence-corrected chi connectivity index (χ4v) is 3.05. The van der Waals surface area contributed by atoms with E-state index in [9.17, 15) is 8.42 Å². The summed E-state index contributed by atoms with van der Waals surface area (Å²) in [5, 5.41) is 0.429. The maximum atomic E-state index is 11.6. The molecular weight excluding hydrogens is 284 g/mol. The Morgan fingerprint density at radius 2 is 1.95 bits per heavy atom. The maximum absolute atomic E-state index is 11.6. The van der Waals surface area contributed by atoms with E-state index in [1.165, 1.54) is 19.3 Å². The first-order chi connectivity index (χ1) is 9.02. The van der Waals surface area contributed by atoms with Gasteiger partial charge in [0, 0.05) is 18.8 Å². The first-order valence-corrected chi connectivity index (χ1v) is 8.60. The molecule has 1 saturated heterocycles. The third-order valence-electron chi connectivity index (χ3n) is 3.32. The molecule has 0 amide bonds. The third kappa shape index (κ3) is 3.76. The van der Waals surface area contributed by atoms with E-state index in [2.05, 4.69) is 9.62 Å². The van der Waals surface area contributed by atoms with Gasteiger partial charge in [-0.2, -0.15) is 0 Å². The molecule has 106 valence electrons. The van der Waals surface area contributed by atoms with Crippen LogP contribution in [0.4, 0.5) is 11.4 Å². The molecule has 1 aromatic carbocycles. The molecule has 1 aliphatic rings. The third-order valence-corrected chi connectivity index (χ3v) is 4.94. The number of sulfonamides is 1. The fraction of sp³-hybridized carbons (Fsp3) is 0.538. The van der Waals surface area contributed by atoms with E-state index >= 15 is 0 Å². The number of anilines is 2. The van der Waals surface area contributed by atoms with E-state index in [4.69, 9.17) is 11.6 Å². The first-order valence-electron chi connectivity index (χ1n) is 6.57. The van der Waals surface area contributed by atoms with Gasteiger partial charge in [-0.3, -0.25) is 4.72 Å². The molecule has 0 saturated carbocycles. The van der Waals surface area contributed by atoms with Crippen molar-refractivity contribution >= 4 is 33.0 Å². The number of piperidine rings is 1. The molecule has 4 nitrogen and oxygen atoms in total. The highest BCUT2D eigenvalue weighted by molar-refractivity contribution is 7.92. The first kappa shape index (κ1) is 14.5. The lowest BCUT2D eigenvalue weighted by Gasteiger charge is -2.29. The highest BCUT2D eigenvalue weighted by atomic mass is 35.5. The van der Waals surface area contributed by atoms with Crippen LogP contribution in [-0.4, -0.2) is 27.3 Å². The molecule has 1 aliphatic heterocycles. The van der Waals surface area contributed by atoms with Crippen molar-refractivity contribution in [3.63, 3.8) is 0 Å². The van der Waals surface area contributed by atoms with Crippen LogP contribution in [0.5, 0.6) is 0 Å². The van der Waals surface area contributed by atoms with Crippen molar-refractivity contribution in [2.75, 3.05) is 28.5 Å². The Hall–Kier alpha value is -0.940. The maximum Gasteiger partial charge on any atom is 0.232 e. The van der Waals surface area contributed by atoms with Crippen LogP contribution >= 0.6 is 11.6 Å². The highest BCUT2D eigenvalue weighted by Crippen LogP contribution is 2.29. The van der Waals surface area contributed by atoms with Gasteiger partial charge in [0.2, 0.25) is 10.0 Å². The zero-order chi connectivity index (χ0) is 13.9. The summed E-state index contributed by atoms with van der Waals surface area (Å²) >= 11 is 6.05. The number of hydrogen-bond acceptors (Lipinski definition) is 3. The predicted molar refractivity (Wildman–Crippen MR) is 80.6 cm³/mol. The standard InChI is InChI=1S/C13H19ClN2O2S/c1-2-19(17,18)15-13-10-11(6-7-12(13)14)16-8-4-3-5-9-16/h6-7,10,15H,2-5,8-9H2,1H3. The molecule has 0 atom stereocenters. The number of benzene rings is 1. The Kier molecular flexibility index (Phi) is 4.58. The molecule has 1 fully saturated rings. The van der Waals surface area contributed by atoms with Crippen LogP contribution in [-0.2, 0) is 10.0 Å². The summed E-state index contributed by atoms with van der Waals surface area (Å²) in [6, 6.07) is 5.51. The predicted octanol–water partition coefficient (Wildman–Crippen LogP) is 3.09. The lowest BCUT2D eigenvalue weighted by atomic mass is 10.1. The van der Waals surface area contributed by atoms with Crippen LogP contribution in [0.15, 0.2) is 18.2 Å². The highest BCUT2D eigenvalue weighted by Gasteiger charge is 2.14. The fourth-order valence-electron chi connectivity index (χ4n) is 2.18. The zero-order valence-electron chi connectivity index (χ0n) is 11.0. The minimum Gasteiger partial charge on any atom is -0.371 e. The molecule has 1 aromatic rings. The Morgan fingerprint density at radius 1 is 1.26 bits per heavy atom. The molecule has 2 rings (SSSR count). The van der Waals surface area contributed by atoms with Crippen LogP contribution < -0.4 is 9.62 Å². The SMILES string of the molecule is CCS(=O)(=O)Nc1cc(N2CCCCC2)ccc1Cl. The van der Waals surface area contributed by atoms with Gasteiger partial charge in [0.15, 0.2) is 0 Å². The van der Waals surface area contributed by atoms with Gasteiger partial charge in [-0.25, -0.2) is 8.42 Å². The molecule has 6 heteroatoms. The van der Waals surface area contributed by atoms with E-state index in [1.54, 1.807) is 13.0 Å². The van der Waals surface area contributed by atoms with E-state index < -0.39 is 10.0 Å². The van der Waals surface area contributed by atoms with Gasteiger partial charge in [0.05, 0.1) is 16.5 Å². The van der Waals surface area contributed by atoms with E-state index in [0.29, 0.717) is 10.7 Å². The summed E-state index contributed by atoms with van der Waals surface area (Å²) in [6.07, 6.45) is 3.62. The van der Waals surface area contributed by atoms with E-state index in [-0.39, 0.29) is 5.75 Å². The average molecular weight is 303 g/mol. The zero-order valence-corrected chi connectivity index (χ0v) is 12.6. The van der Waals surface area contributed by atoms with E-state index in [0.717, 1.165) is 18.8 Å². The second kappa shape index (κ2) is 6.01. The molecule has 0 bridgehead atoms. The van der Waals surface area contributed by atoms with Gasteiger partial charge in [-0.05, 0) is 44.4 Å². The quantitative estimate of drug-likeness (QED) is 0.930. The summed E-state index contributed by atoms with van der Waals surface area (Å²) in [5.41, 5.74) is 1.49. The van der Waals surface area contributed by atoms with Gasteiger partial charge in [-0.1, -0.05) is 11.6 Å². The van der Waals surface area contributed by atoms with Crippen LogP contribution in [0.25, 0.3) is 0 Å². The Labute approximate surface area is 119 Å². The largest absolute Gasteiger partial charge is 0.371 e. The molecule has 0 radical (unpaired) electrons. The van der Waals surface area contributed by atoms with Gasteiger partial charge in [0.1, 0.15) is 0 Å². The molecule has 0 spiro atoms. The molecule has 0 unspecified atom stereocenters. The van der Waals surface area contributed by atoms with Crippen molar-refractivity contribution in [3.8, 4) is 0 Å². The van der Waals surface area contributed by atoms with Gasteiger partial charge >= 0.3 is 0 Å². The van der Waals surface area contributed by atoms with Gasteiger partial charge in [-0.15, -0.1) is 0 Å². The van der Waals surface area contributed by atoms with Crippen molar-refractivity contribution in [1.82, 2.24) is 0 Å². The number of hydrogen-bond donors (Lipinski definition) is 1. The van der Waals surface area contributed by atoms with Crippen molar-refractivity contribution < 1.29 is 8.42 Å². The Balaban J connectivity index is 2.24. The minimum atomic E-state index is -3.30. The topological polar surface area (TPSA) is 49.4 Å². The normalized spacial score (nSPS) is 16.4. The monoisotopic (exact) mass is 302 g/mol. The molecule has 1 N–H and O–H groups in total. The lowest BCUT2D eigenvalue weighted by molar-refractivity contribution is 0.578. The number of nitrogens with one attached hydrogen (secondary N) is 1. The van der Waals surface area contributed by atoms with Gasteiger partial charge in [0.25, 0.3) is 0 Å². The average Bonchev–Trinajstić information content (AvgIpc) is 2.42. The van der Waals surface area contributed by atoms with Crippen molar-refractivity contribution in [1.29, 1.82) is 0 Å². The Morgan fingerprint density at radius 3 is 2.58 bits per heavy atom. The summed E-state index contributed by atoms with van der Waals surface area (Å²) in [5.74, 6) is 0.0390. The van der Waals surface area contributed by atoms with Crippen molar-refractivity contribution in [3.05, 3.63) is 23.2 Å². The van der Waals surface area contributed by atoms with Crippen LogP contribution in [0.2, 0.25) is 5.02 Å². The molecular formula is C13H19ClN2O2S. The summed E-state index contributed by atoms with van der Waals surface area (Å²) in [4.78, 5) is 2.27. The summed E-state index contributed by atoms with van der Waals surface area (Å²) in [7, 11) is -3.30. The second-order valence-electron chi connectivity index (χ2n) is 4.72. The smallest absolute Gasteiger partial charge is 0.232 e.